The Kier molecular flexibility index (Phi) is 4.62. The van der Waals surface area contributed by atoms with Gasteiger partial charge >= 0.3 is 0 Å². The molecule has 144 valence electrons. The van der Waals surface area contributed by atoms with Crippen molar-refractivity contribution < 1.29 is 14.1 Å². The monoisotopic (exact) mass is 390 g/mol. The molecule has 0 aliphatic rings. The van der Waals surface area contributed by atoms with Crippen LogP contribution in [0.1, 0.15) is 0 Å². The van der Waals surface area contributed by atoms with Crippen LogP contribution in [0.25, 0.3) is 22.6 Å². The number of fused-ring (bicyclic) bond motifs is 1. The minimum Gasteiger partial charge on any atom is -0.436 e. The van der Waals surface area contributed by atoms with Gasteiger partial charge in [0.2, 0.25) is 11.8 Å². The number of hydrogen-bond donors (Lipinski definition) is 1. The summed E-state index contributed by atoms with van der Waals surface area (Å²) in [5.74, 6) is -0.0190. The van der Waals surface area contributed by atoms with E-state index >= 15 is 0 Å². The SMILES string of the molecule is O=C(Cn1cc([N+](=O)[O-])ccc1=O)Nc1ccc(-c2nc3ccccc3o2)cc1. The molecule has 2 heterocycles. The first-order valence-electron chi connectivity index (χ1n) is 8.60. The highest BCUT2D eigenvalue weighted by Gasteiger charge is 2.12. The zero-order valence-corrected chi connectivity index (χ0v) is 14.9. The molecule has 2 aromatic heterocycles. The van der Waals surface area contributed by atoms with Gasteiger partial charge in [0, 0.05) is 23.4 Å². The van der Waals surface area contributed by atoms with E-state index in [9.17, 15) is 19.7 Å². The van der Waals surface area contributed by atoms with E-state index in [1.165, 1.54) is 0 Å². The first-order chi connectivity index (χ1) is 14.0. The smallest absolute Gasteiger partial charge is 0.285 e. The Morgan fingerprint density at radius 2 is 1.86 bits per heavy atom. The van der Waals surface area contributed by atoms with Crippen LogP contribution in [0.15, 0.2) is 76.1 Å². The number of nitrogens with one attached hydrogen (secondary N) is 1. The normalized spacial score (nSPS) is 10.8. The van der Waals surface area contributed by atoms with Gasteiger partial charge in [-0.15, -0.1) is 0 Å². The maximum absolute atomic E-state index is 12.2. The Balaban J connectivity index is 1.47. The Morgan fingerprint density at radius 1 is 1.10 bits per heavy atom. The van der Waals surface area contributed by atoms with Crippen molar-refractivity contribution in [1.82, 2.24) is 9.55 Å². The Morgan fingerprint density at radius 3 is 2.59 bits per heavy atom. The summed E-state index contributed by atoms with van der Waals surface area (Å²) in [6.07, 6.45) is 1.04. The highest BCUT2D eigenvalue weighted by atomic mass is 16.6. The van der Waals surface area contributed by atoms with Gasteiger partial charge in [0.05, 0.1) is 11.1 Å². The summed E-state index contributed by atoms with van der Waals surface area (Å²) in [5, 5.41) is 13.5. The van der Waals surface area contributed by atoms with Crippen LogP contribution < -0.4 is 10.9 Å². The zero-order chi connectivity index (χ0) is 20.4. The van der Waals surface area contributed by atoms with Gasteiger partial charge in [0.15, 0.2) is 5.58 Å². The second-order valence-electron chi connectivity index (χ2n) is 6.22. The van der Waals surface area contributed by atoms with Crippen LogP contribution in [0.5, 0.6) is 0 Å². The first-order valence-corrected chi connectivity index (χ1v) is 8.60. The van der Waals surface area contributed by atoms with Gasteiger partial charge in [0.1, 0.15) is 12.1 Å². The Labute approximate surface area is 163 Å². The van der Waals surface area contributed by atoms with Crippen LogP contribution in [0.2, 0.25) is 0 Å². The lowest BCUT2D eigenvalue weighted by molar-refractivity contribution is -0.385. The van der Waals surface area contributed by atoms with Crippen molar-refractivity contribution >= 4 is 28.4 Å². The molecule has 0 fully saturated rings. The predicted octanol–water partition coefficient (Wildman–Crippen LogP) is 3.20. The summed E-state index contributed by atoms with van der Waals surface area (Å²) < 4.78 is 6.69. The first kappa shape index (κ1) is 18.1. The van der Waals surface area contributed by atoms with E-state index in [2.05, 4.69) is 10.3 Å². The summed E-state index contributed by atoms with van der Waals surface area (Å²) in [6, 6.07) is 16.4. The molecule has 0 unspecified atom stereocenters. The van der Waals surface area contributed by atoms with E-state index in [1.54, 1.807) is 24.3 Å². The molecule has 9 heteroatoms. The second-order valence-corrected chi connectivity index (χ2v) is 6.22. The van der Waals surface area contributed by atoms with E-state index in [1.807, 2.05) is 24.3 Å². The number of rotatable bonds is 5. The van der Waals surface area contributed by atoms with E-state index < -0.39 is 16.4 Å². The van der Waals surface area contributed by atoms with Gasteiger partial charge < -0.3 is 9.73 Å². The molecule has 1 N–H and O–H groups in total. The number of carbonyl (C=O) groups is 1. The van der Waals surface area contributed by atoms with Crippen LogP contribution in [-0.2, 0) is 11.3 Å². The molecule has 4 rings (SSSR count). The van der Waals surface area contributed by atoms with Crippen molar-refractivity contribution in [3.63, 3.8) is 0 Å². The molecule has 0 radical (unpaired) electrons. The molecular formula is C20H14N4O5. The van der Waals surface area contributed by atoms with E-state index in [4.69, 9.17) is 4.42 Å². The molecule has 0 bridgehead atoms. The van der Waals surface area contributed by atoms with Gasteiger partial charge in [-0.05, 0) is 36.4 Å². The fourth-order valence-electron chi connectivity index (χ4n) is 2.80. The van der Waals surface area contributed by atoms with Gasteiger partial charge in [-0.1, -0.05) is 12.1 Å². The predicted molar refractivity (Wildman–Crippen MR) is 105 cm³/mol. The van der Waals surface area contributed by atoms with Crippen LogP contribution in [0.3, 0.4) is 0 Å². The highest BCUT2D eigenvalue weighted by molar-refractivity contribution is 5.90. The van der Waals surface area contributed by atoms with Gasteiger partial charge in [0.25, 0.3) is 11.2 Å². The lowest BCUT2D eigenvalue weighted by Crippen LogP contribution is -2.26. The Bertz CT molecular complexity index is 1240. The molecule has 0 spiro atoms. The molecule has 0 saturated heterocycles. The van der Waals surface area contributed by atoms with Crippen molar-refractivity contribution in [3.05, 3.63) is 87.3 Å². The van der Waals surface area contributed by atoms with E-state index in [0.29, 0.717) is 17.2 Å². The van der Waals surface area contributed by atoms with Crippen LogP contribution in [-0.4, -0.2) is 20.4 Å². The number of para-hydroxylation sites is 2. The third kappa shape index (κ3) is 3.88. The molecule has 0 saturated carbocycles. The summed E-state index contributed by atoms with van der Waals surface area (Å²) in [7, 11) is 0. The summed E-state index contributed by atoms with van der Waals surface area (Å²) in [5.41, 5.74) is 1.92. The number of aromatic nitrogens is 2. The summed E-state index contributed by atoms with van der Waals surface area (Å²) >= 11 is 0. The number of anilines is 1. The second kappa shape index (κ2) is 7.39. The highest BCUT2D eigenvalue weighted by Crippen LogP contribution is 2.25. The fraction of sp³-hybridized carbons (Fsp3) is 0.0500. The van der Waals surface area contributed by atoms with E-state index in [0.717, 1.165) is 34.0 Å². The average Bonchev–Trinajstić information content (AvgIpc) is 3.14. The largest absolute Gasteiger partial charge is 0.436 e. The van der Waals surface area contributed by atoms with Crippen LogP contribution in [0, 0.1) is 10.1 Å². The number of hydrogen-bond acceptors (Lipinski definition) is 6. The number of oxazole rings is 1. The molecule has 0 aliphatic carbocycles. The van der Waals surface area contributed by atoms with Crippen LogP contribution in [0.4, 0.5) is 11.4 Å². The third-order valence-electron chi connectivity index (χ3n) is 4.20. The minimum atomic E-state index is -0.626. The van der Waals surface area contributed by atoms with Crippen molar-refractivity contribution in [3.8, 4) is 11.5 Å². The van der Waals surface area contributed by atoms with Crippen molar-refractivity contribution in [2.75, 3.05) is 5.32 Å². The van der Waals surface area contributed by atoms with Crippen LogP contribution >= 0.6 is 0 Å². The number of nitro groups is 1. The maximum Gasteiger partial charge on any atom is 0.285 e. The number of nitrogens with zero attached hydrogens (tertiary/aromatic N) is 3. The van der Waals surface area contributed by atoms with Gasteiger partial charge in [-0.3, -0.25) is 24.3 Å². The molecule has 0 atom stereocenters. The molecule has 9 nitrogen and oxygen atoms in total. The summed E-state index contributed by atoms with van der Waals surface area (Å²) in [4.78, 5) is 38.6. The van der Waals surface area contributed by atoms with Crippen molar-refractivity contribution in [2.45, 2.75) is 6.54 Å². The number of benzene rings is 2. The fourth-order valence-corrected chi connectivity index (χ4v) is 2.80. The van der Waals surface area contributed by atoms with Gasteiger partial charge in [-0.2, -0.15) is 0 Å². The third-order valence-corrected chi connectivity index (χ3v) is 4.20. The number of carbonyl (C=O) groups excluding carboxylic acids is 1. The standard InChI is InChI=1S/C20H14N4O5/c25-18(12-23-11-15(24(27)28)9-10-19(23)26)21-14-7-5-13(6-8-14)20-22-16-3-1-2-4-17(16)29-20/h1-11H,12H2,(H,21,25). The number of amides is 1. The maximum atomic E-state index is 12.2. The minimum absolute atomic E-state index is 0.264. The zero-order valence-electron chi connectivity index (χ0n) is 14.9. The Hall–Kier alpha value is -4.27. The topological polar surface area (TPSA) is 120 Å². The summed E-state index contributed by atoms with van der Waals surface area (Å²) in [6.45, 7) is -0.340. The molecule has 1 amide bonds. The molecule has 2 aromatic carbocycles. The van der Waals surface area contributed by atoms with Crippen molar-refractivity contribution in [2.24, 2.45) is 0 Å². The molecule has 0 aliphatic heterocycles. The average molecular weight is 390 g/mol. The quantitative estimate of drug-likeness (QED) is 0.413. The number of pyridine rings is 1. The lowest BCUT2D eigenvalue weighted by atomic mass is 10.2. The molecule has 4 aromatic rings. The lowest BCUT2D eigenvalue weighted by Gasteiger charge is -2.07. The van der Waals surface area contributed by atoms with E-state index in [-0.39, 0.29) is 12.2 Å². The van der Waals surface area contributed by atoms with Crippen molar-refractivity contribution in [1.29, 1.82) is 0 Å². The molecular weight excluding hydrogens is 376 g/mol. The molecule has 29 heavy (non-hydrogen) atoms. The van der Waals surface area contributed by atoms with Gasteiger partial charge in [-0.25, -0.2) is 4.98 Å².